The second-order valence-electron chi connectivity index (χ2n) is 8.03. The highest BCUT2D eigenvalue weighted by Crippen LogP contribution is 2.41. The summed E-state index contributed by atoms with van der Waals surface area (Å²) in [7, 11) is 0. The Morgan fingerprint density at radius 1 is 1.35 bits per heavy atom. The Bertz CT molecular complexity index is 898. The molecule has 2 fully saturated rings. The maximum Gasteiger partial charge on any atom is 0.239 e. The first-order valence-electron chi connectivity index (χ1n) is 10.8. The minimum atomic E-state index is -0.596. The molecule has 2 unspecified atom stereocenters. The van der Waals surface area contributed by atoms with Gasteiger partial charge in [0.1, 0.15) is 11.7 Å². The van der Waals surface area contributed by atoms with Gasteiger partial charge in [0.2, 0.25) is 5.91 Å². The number of nitrogens with one attached hydrogen (secondary N) is 2. The fraction of sp³-hybridized carbons (Fsp3) is 0.435. The molecular weight excluding hydrogens is 414 g/mol. The number of anilines is 1. The maximum absolute atomic E-state index is 12.9. The zero-order valence-electron chi connectivity index (χ0n) is 17.8. The molecule has 166 valence electrons. The number of benzene rings is 1. The van der Waals surface area contributed by atoms with Crippen molar-refractivity contribution >= 4 is 23.2 Å². The summed E-state index contributed by atoms with van der Waals surface area (Å²) in [6.07, 6.45) is 10.6. The lowest BCUT2D eigenvalue weighted by Crippen LogP contribution is -2.66. The van der Waals surface area contributed by atoms with E-state index in [9.17, 15) is 4.79 Å². The minimum Gasteiger partial charge on any atom is -0.378 e. The molecular formula is C23H30ClN5O2. The molecule has 0 bridgehead atoms. The molecule has 0 saturated carbocycles. The van der Waals surface area contributed by atoms with Crippen LogP contribution in [0.15, 0.2) is 59.8 Å². The van der Waals surface area contributed by atoms with Crippen LogP contribution in [0.3, 0.4) is 0 Å². The lowest BCUT2D eigenvalue weighted by Gasteiger charge is -2.45. The van der Waals surface area contributed by atoms with Gasteiger partial charge in [-0.2, -0.15) is 0 Å². The number of amides is 1. The van der Waals surface area contributed by atoms with Crippen molar-refractivity contribution in [2.75, 3.05) is 37.9 Å². The van der Waals surface area contributed by atoms with E-state index in [4.69, 9.17) is 22.1 Å². The number of halogens is 1. The van der Waals surface area contributed by atoms with E-state index in [1.807, 2.05) is 24.3 Å². The van der Waals surface area contributed by atoms with Gasteiger partial charge in [-0.05, 0) is 44.0 Å². The highest BCUT2D eigenvalue weighted by molar-refractivity contribution is 6.30. The number of nitrogens with two attached hydrogens (primary N) is 1. The van der Waals surface area contributed by atoms with E-state index in [0.29, 0.717) is 37.9 Å². The van der Waals surface area contributed by atoms with Crippen molar-refractivity contribution < 1.29 is 9.53 Å². The largest absolute Gasteiger partial charge is 0.378 e. The molecule has 31 heavy (non-hydrogen) atoms. The predicted octanol–water partition coefficient (Wildman–Crippen LogP) is 2.32. The van der Waals surface area contributed by atoms with Crippen LogP contribution >= 0.6 is 11.6 Å². The van der Waals surface area contributed by atoms with Crippen LogP contribution < -0.4 is 21.5 Å². The van der Waals surface area contributed by atoms with Crippen molar-refractivity contribution in [1.29, 1.82) is 0 Å². The van der Waals surface area contributed by atoms with Gasteiger partial charge in [-0.3, -0.25) is 14.7 Å². The Labute approximate surface area is 188 Å². The number of carbonyl (C=O) groups excluding carboxylic acids is 1. The number of fused-ring (bicyclic) bond motifs is 1. The molecule has 4 N–H and O–H groups in total. The van der Waals surface area contributed by atoms with E-state index in [1.165, 1.54) is 0 Å². The van der Waals surface area contributed by atoms with Crippen molar-refractivity contribution in [2.45, 2.75) is 31.5 Å². The summed E-state index contributed by atoms with van der Waals surface area (Å²) in [4.78, 5) is 15.1. The third kappa shape index (κ3) is 4.42. The first-order chi connectivity index (χ1) is 15.0. The number of hydrogen-bond donors (Lipinski definition) is 3. The van der Waals surface area contributed by atoms with Crippen LogP contribution in [-0.2, 0) is 9.53 Å². The molecule has 4 rings (SSSR count). The number of allylic oxidation sites excluding steroid dienone is 4. The average molecular weight is 444 g/mol. The van der Waals surface area contributed by atoms with Gasteiger partial charge >= 0.3 is 0 Å². The quantitative estimate of drug-likeness (QED) is 0.647. The number of hydrazine groups is 1. The molecule has 7 nitrogen and oxygen atoms in total. The summed E-state index contributed by atoms with van der Waals surface area (Å²) < 4.78 is 5.69. The molecule has 0 radical (unpaired) electrons. The molecule has 1 aliphatic carbocycles. The second-order valence-corrected chi connectivity index (χ2v) is 8.47. The van der Waals surface area contributed by atoms with Crippen molar-refractivity contribution in [2.24, 2.45) is 5.73 Å². The SMILES string of the molecule is CC1(N2CCOCC2C(=O)NCCN)NN(c2ccc(Cl)cc2)C2=CCCC=CC=C21. The Morgan fingerprint density at radius 3 is 2.94 bits per heavy atom. The first-order valence-corrected chi connectivity index (χ1v) is 11.2. The molecule has 1 amide bonds. The fourth-order valence-electron chi connectivity index (χ4n) is 4.42. The standard InChI is InChI=1S/C23H30ClN5O2/c1-23(28-14-15-31-16-21(28)22(30)26-13-12-25)19-6-4-2-3-5-7-20(19)29(27-23)18-10-8-17(24)9-11-18/h2,4,6-11,21,27H,3,5,12-16,25H2,1H3,(H,26,30). The molecule has 2 saturated heterocycles. The molecule has 0 spiro atoms. The normalized spacial score (nSPS) is 26.5. The molecule has 3 aliphatic rings. The van der Waals surface area contributed by atoms with Crippen molar-refractivity contribution in [3.63, 3.8) is 0 Å². The van der Waals surface area contributed by atoms with Crippen molar-refractivity contribution in [3.05, 3.63) is 64.9 Å². The van der Waals surface area contributed by atoms with Crippen LogP contribution in [0.2, 0.25) is 5.02 Å². The van der Waals surface area contributed by atoms with E-state index in [1.54, 1.807) is 0 Å². The number of rotatable bonds is 5. The number of morpholine rings is 1. The predicted molar refractivity (Wildman–Crippen MR) is 123 cm³/mol. The van der Waals surface area contributed by atoms with Gasteiger partial charge in [-0.15, -0.1) is 0 Å². The summed E-state index contributed by atoms with van der Waals surface area (Å²) in [6.45, 7) is 4.53. The van der Waals surface area contributed by atoms with Crippen LogP contribution in [0.4, 0.5) is 5.69 Å². The van der Waals surface area contributed by atoms with Gasteiger partial charge in [0, 0.05) is 30.2 Å². The van der Waals surface area contributed by atoms with Crippen LogP contribution in [0.25, 0.3) is 0 Å². The van der Waals surface area contributed by atoms with Crippen LogP contribution in [0.1, 0.15) is 19.8 Å². The minimum absolute atomic E-state index is 0.0642. The maximum atomic E-state index is 12.9. The van der Waals surface area contributed by atoms with Gasteiger partial charge in [0.25, 0.3) is 0 Å². The number of hydrogen-bond acceptors (Lipinski definition) is 6. The van der Waals surface area contributed by atoms with Crippen molar-refractivity contribution in [1.82, 2.24) is 15.6 Å². The third-order valence-electron chi connectivity index (χ3n) is 5.97. The van der Waals surface area contributed by atoms with Crippen LogP contribution in [0.5, 0.6) is 0 Å². The number of carbonyl (C=O) groups is 1. The number of nitrogens with zero attached hydrogens (tertiary/aromatic N) is 2. The number of ether oxygens (including phenoxy) is 1. The Hall–Kier alpha value is -2.16. The molecule has 1 aromatic rings. The molecule has 1 aromatic carbocycles. The third-order valence-corrected chi connectivity index (χ3v) is 6.23. The Balaban J connectivity index is 1.73. The summed E-state index contributed by atoms with van der Waals surface area (Å²) in [6, 6.07) is 7.36. The van der Waals surface area contributed by atoms with Gasteiger partial charge in [-0.1, -0.05) is 35.9 Å². The highest BCUT2D eigenvalue weighted by Gasteiger charge is 2.50. The monoisotopic (exact) mass is 443 g/mol. The van der Waals surface area contributed by atoms with Crippen molar-refractivity contribution in [3.8, 4) is 0 Å². The molecule has 8 heteroatoms. The lowest BCUT2D eigenvalue weighted by molar-refractivity contribution is -0.137. The molecule has 2 atom stereocenters. The average Bonchev–Trinajstić information content (AvgIpc) is 3.04. The Kier molecular flexibility index (Phi) is 6.79. The van der Waals surface area contributed by atoms with E-state index >= 15 is 0 Å². The van der Waals surface area contributed by atoms with Crippen LogP contribution in [0, 0.1) is 0 Å². The zero-order chi connectivity index (χ0) is 21.8. The topological polar surface area (TPSA) is 82.9 Å². The van der Waals surface area contributed by atoms with Gasteiger partial charge < -0.3 is 15.8 Å². The van der Waals surface area contributed by atoms with Gasteiger partial charge in [0.05, 0.1) is 24.6 Å². The van der Waals surface area contributed by atoms with Gasteiger partial charge in [-0.25, -0.2) is 5.43 Å². The zero-order valence-corrected chi connectivity index (χ0v) is 18.6. The molecule has 0 aromatic heterocycles. The lowest BCUT2D eigenvalue weighted by atomic mass is 9.94. The van der Waals surface area contributed by atoms with E-state index in [-0.39, 0.29) is 5.91 Å². The van der Waals surface area contributed by atoms with E-state index in [2.05, 4.69) is 51.9 Å². The Morgan fingerprint density at radius 2 is 2.16 bits per heavy atom. The summed E-state index contributed by atoms with van der Waals surface area (Å²) in [5.41, 5.74) is 11.9. The summed E-state index contributed by atoms with van der Waals surface area (Å²) in [5, 5.41) is 5.72. The van der Waals surface area contributed by atoms with Crippen LogP contribution in [-0.4, -0.2) is 55.4 Å². The van der Waals surface area contributed by atoms with E-state index < -0.39 is 11.7 Å². The first kappa shape index (κ1) is 22.0. The smallest absolute Gasteiger partial charge is 0.239 e. The molecule has 2 aliphatic heterocycles. The van der Waals surface area contributed by atoms with Gasteiger partial charge in [0.15, 0.2) is 0 Å². The summed E-state index contributed by atoms with van der Waals surface area (Å²) in [5.74, 6) is -0.0642. The fourth-order valence-corrected chi connectivity index (χ4v) is 4.54. The second kappa shape index (κ2) is 9.54. The molecule has 2 heterocycles. The van der Waals surface area contributed by atoms with E-state index in [0.717, 1.165) is 29.8 Å². The summed E-state index contributed by atoms with van der Waals surface area (Å²) >= 11 is 6.13. The highest BCUT2D eigenvalue weighted by atomic mass is 35.5.